The lowest BCUT2D eigenvalue weighted by Crippen LogP contribution is -2.29. The second-order valence-corrected chi connectivity index (χ2v) is 4.61. The van der Waals surface area contributed by atoms with Crippen LogP contribution in [0, 0.1) is 0 Å². The van der Waals surface area contributed by atoms with Gasteiger partial charge < -0.3 is 25.2 Å². The van der Waals surface area contributed by atoms with Crippen molar-refractivity contribution in [3.05, 3.63) is 18.2 Å². The molecule has 1 atom stereocenters. The zero-order chi connectivity index (χ0) is 13.5. The van der Waals surface area contributed by atoms with Crippen LogP contribution in [0.5, 0.6) is 11.5 Å². The van der Waals surface area contributed by atoms with Crippen LogP contribution >= 0.6 is 0 Å². The lowest BCUT2D eigenvalue weighted by atomic mass is 10.2. The zero-order valence-electron chi connectivity index (χ0n) is 11.3. The van der Waals surface area contributed by atoms with Crippen molar-refractivity contribution in [2.45, 2.75) is 18.9 Å². The topological polar surface area (TPSA) is 62.8 Å². The van der Waals surface area contributed by atoms with Crippen molar-refractivity contribution in [3.63, 3.8) is 0 Å². The monoisotopic (exact) mass is 266 g/mol. The molecule has 0 spiro atoms. The van der Waals surface area contributed by atoms with Gasteiger partial charge in [-0.3, -0.25) is 0 Å². The number of anilines is 1. The van der Waals surface area contributed by atoms with Gasteiger partial charge in [0.15, 0.2) is 11.5 Å². The van der Waals surface area contributed by atoms with E-state index in [4.69, 9.17) is 14.6 Å². The fourth-order valence-electron chi connectivity index (χ4n) is 2.23. The Labute approximate surface area is 113 Å². The highest BCUT2D eigenvalue weighted by atomic mass is 16.5. The summed E-state index contributed by atoms with van der Waals surface area (Å²) in [6, 6.07) is 6.30. The molecule has 0 amide bonds. The molecule has 0 aliphatic carbocycles. The summed E-state index contributed by atoms with van der Waals surface area (Å²) in [4.78, 5) is 0. The smallest absolute Gasteiger partial charge is 0.163 e. The quantitative estimate of drug-likeness (QED) is 0.693. The molecule has 1 unspecified atom stereocenters. The number of hydrogen-bond acceptors (Lipinski definition) is 5. The Balaban J connectivity index is 1.95. The second kappa shape index (κ2) is 7.21. The lowest BCUT2D eigenvalue weighted by Gasteiger charge is -2.15. The van der Waals surface area contributed by atoms with Gasteiger partial charge in [0.25, 0.3) is 0 Å². The predicted molar refractivity (Wildman–Crippen MR) is 75.1 cm³/mol. The normalized spacial score (nSPS) is 18.3. The summed E-state index contributed by atoms with van der Waals surface area (Å²) in [5, 5.41) is 15.7. The van der Waals surface area contributed by atoms with E-state index in [2.05, 4.69) is 10.6 Å². The van der Waals surface area contributed by atoms with Crippen LogP contribution in [-0.4, -0.2) is 44.6 Å². The number of aliphatic hydroxyl groups excluding tert-OH is 1. The van der Waals surface area contributed by atoms with E-state index in [0.717, 1.165) is 18.8 Å². The highest BCUT2D eigenvalue weighted by Crippen LogP contribution is 2.30. The fraction of sp³-hybridized carbons (Fsp3) is 0.571. The molecule has 1 heterocycles. The third-order valence-electron chi connectivity index (χ3n) is 3.23. The standard InChI is InChI=1S/C14H22N2O3/c1-18-13-5-4-11(9-14(13)19-8-7-17)16-10-12-3-2-6-15-12/h4-5,9,12,15-17H,2-3,6-8,10H2,1H3. The molecular weight excluding hydrogens is 244 g/mol. The summed E-state index contributed by atoms with van der Waals surface area (Å²) in [6.07, 6.45) is 2.47. The van der Waals surface area contributed by atoms with Gasteiger partial charge in [-0.05, 0) is 31.5 Å². The fourth-order valence-corrected chi connectivity index (χ4v) is 2.23. The second-order valence-electron chi connectivity index (χ2n) is 4.61. The van der Waals surface area contributed by atoms with Crippen LogP contribution in [0.1, 0.15) is 12.8 Å². The van der Waals surface area contributed by atoms with E-state index in [-0.39, 0.29) is 13.2 Å². The van der Waals surface area contributed by atoms with Crippen molar-refractivity contribution in [1.82, 2.24) is 5.32 Å². The number of rotatable bonds is 7. The number of ether oxygens (including phenoxy) is 2. The molecule has 2 rings (SSSR count). The van der Waals surface area contributed by atoms with Crippen molar-refractivity contribution in [3.8, 4) is 11.5 Å². The van der Waals surface area contributed by atoms with Gasteiger partial charge in [-0.25, -0.2) is 0 Å². The van der Waals surface area contributed by atoms with Gasteiger partial charge in [-0.2, -0.15) is 0 Å². The molecule has 1 saturated heterocycles. The largest absolute Gasteiger partial charge is 0.493 e. The summed E-state index contributed by atoms with van der Waals surface area (Å²) in [7, 11) is 1.61. The van der Waals surface area contributed by atoms with E-state index >= 15 is 0 Å². The summed E-state index contributed by atoms with van der Waals surface area (Å²) in [5.41, 5.74) is 1.00. The van der Waals surface area contributed by atoms with E-state index < -0.39 is 0 Å². The molecule has 0 bridgehead atoms. The van der Waals surface area contributed by atoms with E-state index in [1.54, 1.807) is 7.11 Å². The van der Waals surface area contributed by atoms with Crippen LogP contribution in [0.3, 0.4) is 0 Å². The maximum absolute atomic E-state index is 8.82. The first-order valence-corrected chi connectivity index (χ1v) is 6.72. The van der Waals surface area contributed by atoms with Gasteiger partial charge in [-0.1, -0.05) is 0 Å². The SMILES string of the molecule is COc1ccc(NCC2CCCN2)cc1OCCO. The van der Waals surface area contributed by atoms with E-state index in [9.17, 15) is 0 Å². The molecule has 0 aromatic heterocycles. The van der Waals surface area contributed by atoms with Crippen molar-refractivity contribution < 1.29 is 14.6 Å². The van der Waals surface area contributed by atoms with Crippen LogP contribution in [0.4, 0.5) is 5.69 Å². The van der Waals surface area contributed by atoms with Gasteiger partial charge in [0.05, 0.1) is 13.7 Å². The minimum Gasteiger partial charge on any atom is -0.493 e. The van der Waals surface area contributed by atoms with E-state index in [0.29, 0.717) is 17.5 Å². The average Bonchev–Trinajstić information content (AvgIpc) is 2.96. The van der Waals surface area contributed by atoms with Crippen LogP contribution in [-0.2, 0) is 0 Å². The molecule has 1 aromatic rings. The van der Waals surface area contributed by atoms with E-state index in [1.807, 2.05) is 18.2 Å². The predicted octanol–water partition coefficient (Wildman–Crippen LogP) is 1.23. The molecule has 1 fully saturated rings. The molecule has 1 aromatic carbocycles. The van der Waals surface area contributed by atoms with Crippen LogP contribution in [0.25, 0.3) is 0 Å². The molecule has 0 radical (unpaired) electrons. The minimum atomic E-state index is -0.00714. The van der Waals surface area contributed by atoms with Gasteiger partial charge in [0, 0.05) is 24.3 Å². The molecule has 1 aliphatic rings. The summed E-state index contributed by atoms with van der Waals surface area (Å²) < 4.78 is 10.7. The number of methoxy groups -OCH3 is 1. The summed E-state index contributed by atoms with van der Waals surface area (Å²) >= 11 is 0. The van der Waals surface area contributed by atoms with Crippen LogP contribution < -0.4 is 20.1 Å². The summed E-state index contributed by atoms with van der Waals surface area (Å²) in [6.45, 7) is 2.28. The molecule has 3 N–H and O–H groups in total. The summed E-state index contributed by atoms with van der Waals surface area (Å²) in [5.74, 6) is 1.33. The van der Waals surface area contributed by atoms with Crippen LogP contribution in [0.2, 0.25) is 0 Å². The third kappa shape index (κ3) is 4.01. The molecule has 106 valence electrons. The Hall–Kier alpha value is -1.46. The van der Waals surface area contributed by atoms with Crippen molar-refractivity contribution >= 4 is 5.69 Å². The molecule has 5 nitrogen and oxygen atoms in total. The van der Waals surface area contributed by atoms with Crippen LogP contribution in [0.15, 0.2) is 18.2 Å². The number of nitrogens with one attached hydrogen (secondary N) is 2. The molecule has 0 saturated carbocycles. The first kappa shape index (κ1) is 14.0. The maximum atomic E-state index is 8.82. The Morgan fingerprint density at radius 2 is 2.32 bits per heavy atom. The van der Waals surface area contributed by atoms with Crippen molar-refractivity contribution in [2.24, 2.45) is 0 Å². The van der Waals surface area contributed by atoms with Crippen molar-refractivity contribution in [1.29, 1.82) is 0 Å². The lowest BCUT2D eigenvalue weighted by molar-refractivity contribution is 0.196. The Bertz CT molecular complexity index is 392. The first-order chi connectivity index (χ1) is 9.33. The van der Waals surface area contributed by atoms with Gasteiger partial charge in [-0.15, -0.1) is 0 Å². The highest BCUT2D eigenvalue weighted by molar-refractivity contribution is 5.54. The molecule has 5 heteroatoms. The van der Waals surface area contributed by atoms with E-state index in [1.165, 1.54) is 12.8 Å². The maximum Gasteiger partial charge on any atom is 0.163 e. The van der Waals surface area contributed by atoms with Gasteiger partial charge >= 0.3 is 0 Å². The number of aliphatic hydroxyl groups is 1. The molecular formula is C14H22N2O3. The Kier molecular flexibility index (Phi) is 5.30. The highest BCUT2D eigenvalue weighted by Gasteiger charge is 2.13. The molecule has 1 aliphatic heterocycles. The number of hydrogen-bond donors (Lipinski definition) is 3. The minimum absolute atomic E-state index is 0.00714. The first-order valence-electron chi connectivity index (χ1n) is 6.72. The Morgan fingerprint density at radius 3 is 3.00 bits per heavy atom. The Morgan fingerprint density at radius 1 is 1.42 bits per heavy atom. The van der Waals surface area contributed by atoms with Crippen molar-refractivity contribution in [2.75, 3.05) is 38.7 Å². The third-order valence-corrected chi connectivity index (χ3v) is 3.23. The van der Waals surface area contributed by atoms with Gasteiger partial charge in [0.2, 0.25) is 0 Å². The zero-order valence-corrected chi connectivity index (χ0v) is 11.3. The number of benzene rings is 1. The van der Waals surface area contributed by atoms with Gasteiger partial charge in [0.1, 0.15) is 6.61 Å². The average molecular weight is 266 g/mol. The molecule has 19 heavy (non-hydrogen) atoms.